The van der Waals surface area contributed by atoms with Crippen molar-refractivity contribution in [3.05, 3.63) is 26.7 Å². The number of carbonyl (C=O) groups is 2. The van der Waals surface area contributed by atoms with Crippen molar-refractivity contribution in [3.63, 3.8) is 0 Å². The van der Waals surface area contributed by atoms with E-state index in [1.807, 2.05) is 6.92 Å². The van der Waals surface area contributed by atoms with Crippen molar-refractivity contribution >= 4 is 56.8 Å². The highest BCUT2D eigenvalue weighted by Crippen LogP contribution is 2.35. The molecule has 2 amide bonds. The molecule has 0 fully saturated rings. The van der Waals surface area contributed by atoms with E-state index in [0.29, 0.717) is 16.6 Å². The smallest absolute Gasteiger partial charge is 0.326 e. The van der Waals surface area contributed by atoms with Crippen LogP contribution in [0.1, 0.15) is 20.3 Å². The molecular weight excluding hydrogens is 383 g/mol. The van der Waals surface area contributed by atoms with Crippen LogP contribution in [0.25, 0.3) is 0 Å². The van der Waals surface area contributed by atoms with Crippen LogP contribution in [-0.4, -0.2) is 23.1 Å². The Morgan fingerprint density at radius 2 is 1.95 bits per heavy atom. The number of benzene rings is 1. The molecule has 0 saturated heterocycles. The number of hydrogen-bond acceptors (Lipinski definition) is 2. The fraction of sp³-hybridized carbons (Fsp3) is 0.385. The fourth-order valence-corrected chi connectivity index (χ4v) is 2.43. The van der Waals surface area contributed by atoms with Gasteiger partial charge in [-0.25, -0.2) is 9.59 Å². The van der Waals surface area contributed by atoms with Crippen molar-refractivity contribution in [2.75, 3.05) is 5.32 Å². The average molecular weight is 398 g/mol. The van der Waals surface area contributed by atoms with Crippen molar-refractivity contribution in [2.45, 2.75) is 26.3 Å². The summed E-state index contributed by atoms with van der Waals surface area (Å²) in [5.41, 5.74) is 0.302. The maximum absolute atomic E-state index is 11.9. The third kappa shape index (κ3) is 4.76. The van der Waals surface area contributed by atoms with E-state index in [-0.39, 0.29) is 16.0 Å². The summed E-state index contributed by atoms with van der Waals surface area (Å²) in [5, 5.41) is 14.5. The van der Waals surface area contributed by atoms with E-state index in [1.165, 1.54) is 0 Å². The van der Waals surface area contributed by atoms with Crippen molar-refractivity contribution in [1.29, 1.82) is 0 Å². The van der Waals surface area contributed by atoms with E-state index in [1.54, 1.807) is 19.1 Å². The van der Waals surface area contributed by atoms with Crippen LogP contribution in [0.15, 0.2) is 16.6 Å². The minimum absolute atomic E-state index is 0.177. The van der Waals surface area contributed by atoms with Crippen LogP contribution in [-0.2, 0) is 4.79 Å². The van der Waals surface area contributed by atoms with E-state index < -0.39 is 18.0 Å². The second-order valence-corrected chi connectivity index (χ2v) is 6.13. The molecule has 0 aliphatic carbocycles. The van der Waals surface area contributed by atoms with Gasteiger partial charge in [-0.3, -0.25) is 0 Å². The molecule has 1 rings (SSSR count). The molecule has 0 aromatic heterocycles. The first-order valence-corrected chi connectivity index (χ1v) is 7.76. The van der Waals surface area contributed by atoms with Crippen molar-refractivity contribution in [2.24, 2.45) is 5.92 Å². The first kappa shape index (κ1) is 18.1. The predicted molar refractivity (Wildman–Crippen MR) is 87.2 cm³/mol. The van der Waals surface area contributed by atoms with Gasteiger partial charge in [0.1, 0.15) is 6.04 Å². The quantitative estimate of drug-likeness (QED) is 0.645. The SMILES string of the molecule is CC[C@H](C)[C@H](NC(=O)Nc1ccc(Br)c(Cl)c1Cl)C(=O)O. The van der Waals surface area contributed by atoms with Gasteiger partial charge in [0, 0.05) is 4.47 Å². The number of carbonyl (C=O) groups excluding carboxylic acids is 1. The first-order valence-electron chi connectivity index (χ1n) is 6.21. The number of rotatable bonds is 5. The molecule has 5 nitrogen and oxygen atoms in total. The van der Waals surface area contributed by atoms with E-state index in [4.69, 9.17) is 28.3 Å². The van der Waals surface area contributed by atoms with Gasteiger partial charge in [-0.1, -0.05) is 43.5 Å². The zero-order valence-electron chi connectivity index (χ0n) is 11.4. The van der Waals surface area contributed by atoms with Gasteiger partial charge in [-0.05, 0) is 34.0 Å². The van der Waals surface area contributed by atoms with Crippen molar-refractivity contribution in [3.8, 4) is 0 Å². The van der Waals surface area contributed by atoms with E-state index in [9.17, 15) is 9.59 Å². The zero-order valence-corrected chi connectivity index (χ0v) is 14.5. The molecule has 0 heterocycles. The van der Waals surface area contributed by atoms with Crippen molar-refractivity contribution in [1.82, 2.24) is 5.32 Å². The third-order valence-corrected chi connectivity index (χ3v) is 4.82. The van der Waals surface area contributed by atoms with E-state index >= 15 is 0 Å². The second-order valence-electron chi connectivity index (χ2n) is 4.52. The molecule has 0 saturated carbocycles. The molecule has 0 radical (unpaired) electrons. The average Bonchev–Trinajstić information content (AvgIpc) is 2.44. The minimum atomic E-state index is -1.08. The maximum Gasteiger partial charge on any atom is 0.326 e. The Morgan fingerprint density at radius 1 is 1.33 bits per heavy atom. The van der Waals surface area contributed by atoms with E-state index in [0.717, 1.165) is 0 Å². The Morgan fingerprint density at radius 3 is 2.48 bits per heavy atom. The lowest BCUT2D eigenvalue weighted by molar-refractivity contribution is -0.140. The lowest BCUT2D eigenvalue weighted by Crippen LogP contribution is -2.46. The lowest BCUT2D eigenvalue weighted by atomic mass is 9.99. The van der Waals surface area contributed by atoms with Gasteiger partial charge in [-0.2, -0.15) is 0 Å². The summed E-state index contributed by atoms with van der Waals surface area (Å²) in [4.78, 5) is 23.1. The largest absolute Gasteiger partial charge is 0.480 e. The van der Waals surface area contributed by atoms with Crippen LogP contribution in [0.2, 0.25) is 10.0 Å². The zero-order chi connectivity index (χ0) is 16.2. The molecule has 2 atom stereocenters. The third-order valence-electron chi connectivity index (χ3n) is 3.05. The number of nitrogens with one attached hydrogen (secondary N) is 2. The number of halogens is 3. The Hall–Kier alpha value is -0.980. The molecule has 116 valence electrons. The summed E-state index contributed by atoms with van der Waals surface area (Å²) in [6.45, 7) is 3.61. The van der Waals surface area contributed by atoms with Gasteiger partial charge < -0.3 is 15.7 Å². The number of anilines is 1. The molecule has 0 aliphatic heterocycles. The number of hydrogen-bond donors (Lipinski definition) is 3. The molecule has 1 aromatic carbocycles. The number of aliphatic carboxylic acids is 1. The first-order chi connectivity index (χ1) is 9.77. The van der Waals surface area contributed by atoms with Gasteiger partial charge in [-0.15, -0.1) is 0 Å². The normalized spacial score (nSPS) is 13.4. The summed E-state index contributed by atoms with van der Waals surface area (Å²) >= 11 is 15.2. The molecule has 0 spiro atoms. The molecule has 3 N–H and O–H groups in total. The molecule has 0 aliphatic rings. The molecule has 8 heteroatoms. The van der Waals surface area contributed by atoms with Crippen LogP contribution in [0, 0.1) is 5.92 Å². The number of urea groups is 1. The second kappa shape index (κ2) is 7.87. The summed E-state index contributed by atoms with van der Waals surface area (Å²) in [6, 6.07) is 1.58. The van der Waals surface area contributed by atoms with E-state index in [2.05, 4.69) is 26.6 Å². The van der Waals surface area contributed by atoms with Crippen LogP contribution in [0.3, 0.4) is 0 Å². The van der Waals surface area contributed by atoms with Gasteiger partial charge >= 0.3 is 12.0 Å². The Labute approximate surface area is 141 Å². The number of carboxylic acid groups (broad SMARTS) is 1. The summed E-state index contributed by atoms with van der Waals surface area (Å²) < 4.78 is 0.600. The lowest BCUT2D eigenvalue weighted by Gasteiger charge is -2.20. The Bertz CT molecular complexity index is 554. The maximum atomic E-state index is 11.9. The topological polar surface area (TPSA) is 78.4 Å². The summed E-state index contributed by atoms with van der Waals surface area (Å²) in [5.74, 6) is -1.28. The molecule has 21 heavy (non-hydrogen) atoms. The minimum Gasteiger partial charge on any atom is -0.480 e. The summed E-state index contributed by atoms with van der Waals surface area (Å²) in [6.07, 6.45) is 0.627. The van der Waals surface area contributed by atoms with Crippen LogP contribution >= 0.6 is 39.1 Å². The standard InChI is InChI=1S/C13H15BrCl2N2O3/c1-3-6(2)11(12(19)20)18-13(21)17-8-5-4-7(14)9(15)10(8)16/h4-6,11H,3H2,1-2H3,(H,19,20)(H2,17,18,21)/t6-,11-/m0/s1. The van der Waals surface area contributed by atoms with Crippen molar-refractivity contribution < 1.29 is 14.7 Å². The highest BCUT2D eigenvalue weighted by molar-refractivity contribution is 9.10. The van der Waals surface area contributed by atoms with Gasteiger partial charge in [0.25, 0.3) is 0 Å². The highest BCUT2D eigenvalue weighted by Gasteiger charge is 2.25. The number of amides is 2. The molecule has 1 aromatic rings. The Kier molecular flexibility index (Phi) is 6.77. The van der Waals surface area contributed by atoms with Gasteiger partial charge in [0.05, 0.1) is 15.7 Å². The Balaban J connectivity index is 2.82. The van der Waals surface area contributed by atoms with Crippen LogP contribution in [0.4, 0.5) is 10.5 Å². The fourth-order valence-electron chi connectivity index (χ4n) is 1.61. The van der Waals surface area contributed by atoms with Gasteiger partial charge in [0.2, 0.25) is 0 Å². The highest BCUT2D eigenvalue weighted by atomic mass is 79.9. The molecule has 0 bridgehead atoms. The molecular formula is C13H15BrCl2N2O3. The predicted octanol–water partition coefficient (Wildman–Crippen LogP) is 4.38. The van der Waals surface area contributed by atoms with Crippen LogP contribution < -0.4 is 10.6 Å². The number of carboxylic acids is 1. The van der Waals surface area contributed by atoms with Gasteiger partial charge in [0.15, 0.2) is 0 Å². The van der Waals surface area contributed by atoms with Crippen LogP contribution in [0.5, 0.6) is 0 Å². The summed E-state index contributed by atoms with van der Waals surface area (Å²) in [7, 11) is 0. The monoisotopic (exact) mass is 396 g/mol. The molecule has 0 unspecified atom stereocenters.